The lowest BCUT2D eigenvalue weighted by Gasteiger charge is -2.24. The summed E-state index contributed by atoms with van der Waals surface area (Å²) >= 11 is 0. The van der Waals surface area contributed by atoms with Crippen LogP contribution in [0.1, 0.15) is 19.8 Å². The molecule has 11 heavy (non-hydrogen) atoms. The van der Waals surface area contributed by atoms with Gasteiger partial charge in [0.25, 0.3) is 0 Å². The first-order valence-corrected chi connectivity index (χ1v) is 4.22. The molecule has 3 atom stereocenters. The van der Waals surface area contributed by atoms with Gasteiger partial charge in [0.05, 0.1) is 12.7 Å². The smallest absolute Gasteiger partial charge is 0.169 e. The number of hydrogen-bond acceptors (Lipinski definition) is 3. The highest BCUT2D eigenvalue weighted by molar-refractivity contribution is 4.92. The highest BCUT2D eigenvalue weighted by Crippen LogP contribution is 2.43. The molecule has 0 amide bonds. The minimum Gasteiger partial charge on any atom is -0.396 e. The van der Waals surface area contributed by atoms with Crippen LogP contribution < -0.4 is 0 Å². The molecule has 0 saturated carbocycles. The summed E-state index contributed by atoms with van der Waals surface area (Å²) in [4.78, 5) is 0. The molecule has 0 aromatic heterocycles. The van der Waals surface area contributed by atoms with Crippen molar-refractivity contribution in [2.24, 2.45) is 5.92 Å². The fourth-order valence-corrected chi connectivity index (χ4v) is 1.96. The summed E-state index contributed by atoms with van der Waals surface area (Å²) in [6.07, 6.45) is 1.91. The Labute approximate surface area is 66.3 Å². The van der Waals surface area contributed by atoms with Crippen molar-refractivity contribution in [2.45, 2.75) is 31.7 Å². The van der Waals surface area contributed by atoms with Gasteiger partial charge in [-0.05, 0) is 6.42 Å². The van der Waals surface area contributed by atoms with Gasteiger partial charge in [-0.15, -0.1) is 0 Å². The maximum atomic E-state index is 8.96. The summed E-state index contributed by atoms with van der Waals surface area (Å²) in [5, 5.41) is 8.96. The van der Waals surface area contributed by atoms with E-state index < -0.39 is 0 Å². The fraction of sp³-hybridized carbons (Fsp3) is 1.00. The molecule has 0 aliphatic carbocycles. The van der Waals surface area contributed by atoms with Gasteiger partial charge in [-0.3, -0.25) is 0 Å². The second kappa shape index (κ2) is 2.44. The van der Waals surface area contributed by atoms with E-state index in [1.165, 1.54) is 0 Å². The third-order valence-electron chi connectivity index (χ3n) is 2.75. The largest absolute Gasteiger partial charge is 0.396 e. The molecule has 64 valence electrons. The van der Waals surface area contributed by atoms with E-state index in [0.29, 0.717) is 12.5 Å². The number of aliphatic hydroxyl groups is 1. The zero-order valence-electron chi connectivity index (χ0n) is 6.75. The van der Waals surface area contributed by atoms with E-state index >= 15 is 0 Å². The third kappa shape index (κ3) is 0.991. The molecule has 0 aromatic rings. The van der Waals surface area contributed by atoms with Crippen molar-refractivity contribution in [3.05, 3.63) is 0 Å². The molecule has 0 radical (unpaired) electrons. The normalized spacial score (nSPS) is 48.5. The standard InChI is InChI=1S/C8H14O3/c1-2-8-3-6(4-9)7(11-8)5-10-8/h6-7,9H,2-5H2,1H3/t6-,7+,8+/m0/s1. The Morgan fingerprint density at radius 3 is 2.91 bits per heavy atom. The summed E-state index contributed by atoms with van der Waals surface area (Å²) in [5.74, 6) is -0.0263. The molecule has 2 aliphatic rings. The van der Waals surface area contributed by atoms with Crippen molar-refractivity contribution < 1.29 is 14.6 Å². The van der Waals surface area contributed by atoms with Crippen LogP contribution >= 0.6 is 0 Å². The number of ether oxygens (including phenoxy) is 2. The van der Waals surface area contributed by atoms with E-state index in [2.05, 4.69) is 6.92 Å². The Morgan fingerprint density at radius 1 is 1.64 bits per heavy atom. The number of rotatable bonds is 2. The van der Waals surface area contributed by atoms with Gasteiger partial charge < -0.3 is 14.6 Å². The third-order valence-corrected chi connectivity index (χ3v) is 2.75. The maximum Gasteiger partial charge on any atom is 0.169 e. The Balaban J connectivity index is 2.08. The van der Waals surface area contributed by atoms with Crippen LogP contribution in [0.5, 0.6) is 0 Å². The highest BCUT2D eigenvalue weighted by Gasteiger charge is 2.51. The molecule has 3 nitrogen and oxygen atoms in total. The molecular formula is C8H14O3. The minimum atomic E-state index is -0.335. The summed E-state index contributed by atoms with van der Waals surface area (Å²) in [5.41, 5.74) is 0. The molecule has 0 unspecified atom stereocenters. The van der Waals surface area contributed by atoms with Crippen LogP contribution in [-0.4, -0.2) is 30.2 Å². The van der Waals surface area contributed by atoms with E-state index in [9.17, 15) is 0 Å². The molecule has 0 spiro atoms. The lowest BCUT2D eigenvalue weighted by molar-refractivity contribution is -0.147. The zero-order valence-corrected chi connectivity index (χ0v) is 6.75. The van der Waals surface area contributed by atoms with Crippen LogP contribution in [0.4, 0.5) is 0 Å². The average molecular weight is 158 g/mol. The topological polar surface area (TPSA) is 38.7 Å². The molecule has 2 fully saturated rings. The Morgan fingerprint density at radius 2 is 2.45 bits per heavy atom. The second-order valence-electron chi connectivity index (χ2n) is 3.38. The predicted molar refractivity (Wildman–Crippen MR) is 39.0 cm³/mol. The van der Waals surface area contributed by atoms with Gasteiger partial charge in [0.15, 0.2) is 5.79 Å². The lowest BCUT2D eigenvalue weighted by Crippen LogP contribution is -2.31. The first-order chi connectivity index (χ1) is 5.29. The molecule has 2 bridgehead atoms. The number of fused-ring (bicyclic) bond motifs is 2. The van der Waals surface area contributed by atoms with Gasteiger partial charge in [-0.1, -0.05) is 6.92 Å². The van der Waals surface area contributed by atoms with Gasteiger partial charge in [-0.2, -0.15) is 0 Å². The summed E-state index contributed by atoms with van der Waals surface area (Å²) < 4.78 is 11.1. The lowest BCUT2D eigenvalue weighted by atomic mass is 9.95. The highest BCUT2D eigenvalue weighted by atomic mass is 16.8. The summed E-state index contributed by atoms with van der Waals surface area (Å²) in [7, 11) is 0. The number of hydrogen-bond donors (Lipinski definition) is 1. The van der Waals surface area contributed by atoms with Crippen molar-refractivity contribution in [2.75, 3.05) is 13.2 Å². The number of aliphatic hydroxyl groups excluding tert-OH is 1. The van der Waals surface area contributed by atoms with Crippen molar-refractivity contribution in [1.82, 2.24) is 0 Å². The van der Waals surface area contributed by atoms with E-state index in [1.807, 2.05) is 0 Å². The summed E-state index contributed by atoms with van der Waals surface area (Å²) in [6.45, 7) is 2.96. The molecule has 0 aromatic carbocycles. The summed E-state index contributed by atoms with van der Waals surface area (Å²) in [6, 6.07) is 0. The Bertz CT molecular complexity index is 159. The molecule has 2 aliphatic heterocycles. The van der Waals surface area contributed by atoms with Crippen LogP contribution in [0.3, 0.4) is 0 Å². The monoisotopic (exact) mass is 158 g/mol. The van der Waals surface area contributed by atoms with Crippen molar-refractivity contribution in [3.63, 3.8) is 0 Å². The van der Waals surface area contributed by atoms with Crippen LogP contribution in [0, 0.1) is 5.92 Å². The zero-order chi connectivity index (χ0) is 7.90. The van der Waals surface area contributed by atoms with Crippen LogP contribution in [0.15, 0.2) is 0 Å². The van der Waals surface area contributed by atoms with Crippen LogP contribution in [-0.2, 0) is 9.47 Å². The second-order valence-corrected chi connectivity index (χ2v) is 3.38. The SMILES string of the molecule is CC[C@@]12C[C@@H](CO)[C@@H](CO1)O2. The molecule has 2 heterocycles. The molecule has 3 heteroatoms. The van der Waals surface area contributed by atoms with Crippen LogP contribution in [0.2, 0.25) is 0 Å². The van der Waals surface area contributed by atoms with Crippen molar-refractivity contribution >= 4 is 0 Å². The maximum absolute atomic E-state index is 8.96. The van der Waals surface area contributed by atoms with Gasteiger partial charge >= 0.3 is 0 Å². The van der Waals surface area contributed by atoms with Gasteiger partial charge in [0.2, 0.25) is 0 Å². The van der Waals surface area contributed by atoms with Crippen molar-refractivity contribution in [1.29, 1.82) is 0 Å². The Kier molecular flexibility index (Phi) is 1.67. The van der Waals surface area contributed by atoms with Gasteiger partial charge in [-0.25, -0.2) is 0 Å². The van der Waals surface area contributed by atoms with Gasteiger partial charge in [0, 0.05) is 18.9 Å². The van der Waals surface area contributed by atoms with Crippen molar-refractivity contribution in [3.8, 4) is 0 Å². The van der Waals surface area contributed by atoms with E-state index in [-0.39, 0.29) is 18.5 Å². The molecular weight excluding hydrogens is 144 g/mol. The first-order valence-electron chi connectivity index (χ1n) is 4.22. The van der Waals surface area contributed by atoms with E-state index in [0.717, 1.165) is 12.8 Å². The molecule has 2 rings (SSSR count). The predicted octanol–water partition coefficient (Wildman–Crippen LogP) is 0.520. The minimum absolute atomic E-state index is 0.153. The average Bonchev–Trinajstić information content (AvgIpc) is 2.61. The molecule has 1 N–H and O–H groups in total. The molecule has 2 saturated heterocycles. The first kappa shape index (κ1) is 7.53. The quantitative estimate of drug-likeness (QED) is 0.636. The fourth-order valence-electron chi connectivity index (χ4n) is 1.96. The van der Waals surface area contributed by atoms with Gasteiger partial charge in [0.1, 0.15) is 0 Å². The van der Waals surface area contributed by atoms with E-state index in [1.54, 1.807) is 0 Å². The van der Waals surface area contributed by atoms with Crippen LogP contribution in [0.25, 0.3) is 0 Å². The Hall–Kier alpha value is -0.120. The van der Waals surface area contributed by atoms with E-state index in [4.69, 9.17) is 14.6 Å².